The standard InChI is InChI=1S/C15H19N3O/c1-3-11-9-18(19)8-10(2)12-6-14-15(7-13(11)12)17-5-4-16-14/h4-7,10-11,19H,3,8-9H2,1-2H3/t10-,11?/m0/s1. The molecule has 1 unspecified atom stereocenters. The lowest BCUT2D eigenvalue weighted by atomic mass is 9.88. The molecule has 0 fully saturated rings. The van der Waals surface area contributed by atoms with Crippen LogP contribution in [0.4, 0.5) is 0 Å². The molecule has 1 aliphatic rings. The summed E-state index contributed by atoms with van der Waals surface area (Å²) >= 11 is 0. The Morgan fingerprint density at radius 3 is 2.42 bits per heavy atom. The average Bonchev–Trinajstić information content (AvgIpc) is 2.53. The number of aromatic nitrogens is 2. The zero-order valence-electron chi connectivity index (χ0n) is 11.4. The fourth-order valence-corrected chi connectivity index (χ4v) is 3.01. The van der Waals surface area contributed by atoms with Crippen molar-refractivity contribution in [1.29, 1.82) is 0 Å². The summed E-state index contributed by atoms with van der Waals surface area (Å²) in [6, 6.07) is 4.30. The van der Waals surface area contributed by atoms with E-state index in [0.29, 0.717) is 24.9 Å². The van der Waals surface area contributed by atoms with Gasteiger partial charge in [0.15, 0.2) is 0 Å². The van der Waals surface area contributed by atoms with Gasteiger partial charge < -0.3 is 5.21 Å². The molecule has 0 aliphatic carbocycles. The smallest absolute Gasteiger partial charge is 0.0889 e. The molecule has 3 rings (SSSR count). The number of benzene rings is 1. The van der Waals surface area contributed by atoms with Gasteiger partial charge in [-0.25, -0.2) is 0 Å². The summed E-state index contributed by atoms with van der Waals surface area (Å²) in [5.74, 6) is 0.666. The number of hydrogen-bond donors (Lipinski definition) is 1. The lowest BCUT2D eigenvalue weighted by molar-refractivity contribution is -0.0958. The molecule has 0 amide bonds. The van der Waals surface area contributed by atoms with Gasteiger partial charge in [-0.3, -0.25) is 9.97 Å². The Morgan fingerprint density at radius 2 is 1.79 bits per heavy atom. The van der Waals surface area contributed by atoms with Crippen LogP contribution >= 0.6 is 0 Å². The maximum absolute atomic E-state index is 9.97. The average molecular weight is 257 g/mol. The molecule has 0 radical (unpaired) electrons. The van der Waals surface area contributed by atoms with E-state index in [1.807, 2.05) is 0 Å². The van der Waals surface area contributed by atoms with Crippen LogP contribution in [0, 0.1) is 0 Å². The predicted molar refractivity (Wildman–Crippen MR) is 74.3 cm³/mol. The van der Waals surface area contributed by atoms with E-state index in [-0.39, 0.29) is 0 Å². The molecule has 4 heteroatoms. The molecule has 19 heavy (non-hydrogen) atoms. The van der Waals surface area contributed by atoms with Crippen molar-refractivity contribution in [2.24, 2.45) is 0 Å². The second kappa shape index (κ2) is 4.87. The van der Waals surface area contributed by atoms with Gasteiger partial charge in [-0.05, 0) is 41.5 Å². The minimum atomic E-state index is 0.308. The molecule has 2 heterocycles. The Kier molecular flexibility index (Phi) is 3.21. The molecule has 2 aromatic rings. The second-order valence-electron chi connectivity index (χ2n) is 5.40. The van der Waals surface area contributed by atoms with Gasteiger partial charge in [0.05, 0.1) is 11.0 Å². The van der Waals surface area contributed by atoms with Crippen molar-refractivity contribution in [1.82, 2.24) is 15.0 Å². The van der Waals surface area contributed by atoms with Crippen LogP contribution in [-0.4, -0.2) is 33.3 Å². The fourth-order valence-electron chi connectivity index (χ4n) is 3.01. The molecule has 0 saturated carbocycles. The summed E-state index contributed by atoms with van der Waals surface area (Å²) in [6.45, 7) is 5.69. The minimum Gasteiger partial charge on any atom is -0.314 e. The van der Waals surface area contributed by atoms with Gasteiger partial charge >= 0.3 is 0 Å². The molecule has 4 nitrogen and oxygen atoms in total. The van der Waals surface area contributed by atoms with Crippen molar-refractivity contribution in [3.05, 3.63) is 35.7 Å². The molecule has 1 aromatic heterocycles. The molecular formula is C15H19N3O. The molecule has 1 aliphatic heterocycles. The third-order valence-corrected chi connectivity index (χ3v) is 4.05. The van der Waals surface area contributed by atoms with Crippen LogP contribution in [-0.2, 0) is 0 Å². The van der Waals surface area contributed by atoms with Crippen LogP contribution in [0.15, 0.2) is 24.5 Å². The molecule has 0 bridgehead atoms. The fraction of sp³-hybridized carbons (Fsp3) is 0.467. The first-order valence-corrected chi connectivity index (χ1v) is 6.87. The molecule has 100 valence electrons. The molecule has 0 saturated heterocycles. The number of hydroxylamine groups is 2. The number of fused-ring (bicyclic) bond motifs is 2. The predicted octanol–water partition coefficient (Wildman–Crippen LogP) is 2.93. The van der Waals surface area contributed by atoms with Crippen molar-refractivity contribution in [3.63, 3.8) is 0 Å². The van der Waals surface area contributed by atoms with Crippen molar-refractivity contribution >= 4 is 11.0 Å². The first kappa shape index (κ1) is 12.5. The highest BCUT2D eigenvalue weighted by Gasteiger charge is 2.26. The van der Waals surface area contributed by atoms with Gasteiger partial charge in [-0.15, -0.1) is 0 Å². The molecule has 1 aromatic carbocycles. The first-order valence-electron chi connectivity index (χ1n) is 6.87. The van der Waals surface area contributed by atoms with Crippen molar-refractivity contribution in [2.75, 3.05) is 13.1 Å². The third-order valence-electron chi connectivity index (χ3n) is 4.05. The zero-order valence-corrected chi connectivity index (χ0v) is 11.4. The van der Waals surface area contributed by atoms with Crippen LogP contribution in [0.3, 0.4) is 0 Å². The maximum Gasteiger partial charge on any atom is 0.0889 e. The number of rotatable bonds is 1. The van der Waals surface area contributed by atoms with Gasteiger partial charge in [0.1, 0.15) is 0 Å². The molecule has 2 atom stereocenters. The topological polar surface area (TPSA) is 49.2 Å². The van der Waals surface area contributed by atoms with E-state index in [2.05, 4.69) is 35.9 Å². The van der Waals surface area contributed by atoms with Crippen LogP contribution in [0.25, 0.3) is 11.0 Å². The Labute approximate surface area is 113 Å². The van der Waals surface area contributed by atoms with Crippen molar-refractivity contribution in [3.8, 4) is 0 Å². The SMILES string of the molecule is CCC1CN(O)C[C@H](C)c2cc3nccnc3cc21. The van der Waals surface area contributed by atoms with Gasteiger partial charge in [0.25, 0.3) is 0 Å². The van der Waals surface area contributed by atoms with E-state index in [4.69, 9.17) is 0 Å². The van der Waals surface area contributed by atoms with Crippen molar-refractivity contribution in [2.45, 2.75) is 32.1 Å². The minimum absolute atomic E-state index is 0.308. The molecule has 0 spiro atoms. The lowest BCUT2D eigenvalue weighted by Gasteiger charge is -2.18. The lowest BCUT2D eigenvalue weighted by Crippen LogP contribution is -2.25. The van der Waals surface area contributed by atoms with Gasteiger partial charge in [0, 0.05) is 25.5 Å². The summed E-state index contributed by atoms with van der Waals surface area (Å²) in [4.78, 5) is 8.78. The summed E-state index contributed by atoms with van der Waals surface area (Å²) in [5.41, 5.74) is 4.50. The Morgan fingerprint density at radius 1 is 1.16 bits per heavy atom. The third kappa shape index (κ3) is 2.22. The van der Waals surface area contributed by atoms with Crippen molar-refractivity contribution < 1.29 is 5.21 Å². The highest BCUT2D eigenvalue weighted by atomic mass is 16.5. The summed E-state index contributed by atoms with van der Waals surface area (Å²) in [7, 11) is 0. The van der Waals surface area contributed by atoms with E-state index < -0.39 is 0 Å². The number of nitrogens with zero attached hydrogens (tertiary/aromatic N) is 3. The summed E-state index contributed by atoms with van der Waals surface area (Å²) in [6.07, 6.45) is 4.47. The highest BCUT2D eigenvalue weighted by Crippen LogP contribution is 2.34. The van der Waals surface area contributed by atoms with E-state index in [9.17, 15) is 5.21 Å². The van der Waals surface area contributed by atoms with Crippen LogP contribution in [0.5, 0.6) is 0 Å². The van der Waals surface area contributed by atoms with E-state index >= 15 is 0 Å². The van der Waals surface area contributed by atoms with E-state index in [0.717, 1.165) is 17.5 Å². The number of hydrogen-bond acceptors (Lipinski definition) is 4. The highest BCUT2D eigenvalue weighted by molar-refractivity contribution is 5.76. The summed E-state index contributed by atoms with van der Waals surface area (Å²) < 4.78 is 0. The van der Waals surface area contributed by atoms with Crippen LogP contribution in [0.1, 0.15) is 43.2 Å². The second-order valence-corrected chi connectivity index (χ2v) is 5.40. The van der Waals surface area contributed by atoms with E-state index in [1.165, 1.54) is 16.2 Å². The zero-order chi connectivity index (χ0) is 13.4. The van der Waals surface area contributed by atoms with Crippen LogP contribution in [0.2, 0.25) is 0 Å². The molecular weight excluding hydrogens is 238 g/mol. The quantitative estimate of drug-likeness (QED) is 0.853. The normalized spacial score (nSPS) is 24.2. The maximum atomic E-state index is 9.97. The Hall–Kier alpha value is -1.52. The monoisotopic (exact) mass is 257 g/mol. The largest absolute Gasteiger partial charge is 0.314 e. The molecule has 1 N–H and O–H groups in total. The van der Waals surface area contributed by atoms with Gasteiger partial charge in [0.2, 0.25) is 0 Å². The van der Waals surface area contributed by atoms with E-state index in [1.54, 1.807) is 12.4 Å². The Balaban J connectivity index is 2.21. The Bertz CT molecular complexity index is 599. The first-order chi connectivity index (χ1) is 9.19. The van der Waals surface area contributed by atoms with Gasteiger partial charge in [-0.2, -0.15) is 5.06 Å². The van der Waals surface area contributed by atoms with Gasteiger partial charge in [-0.1, -0.05) is 13.8 Å². The van der Waals surface area contributed by atoms with Crippen LogP contribution < -0.4 is 0 Å². The summed E-state index contributed by atoms with van der Waals surface area (Å²) in [5, 5.41) is 11.4.